The molecule has 0 bridgehead atoms. The quantitative estimate of drug-likeness (QED) is 0.718. The van der Waals surface area contributed by atoms with Gasteiger partial charge in [-0.25, -0.2) is 0 Å². The summed E-state index contributed by atoms with van der Waals surface area (Å²) in [6.07, 6.45) is 2.66. The minimum Gasteiger partial charge on any atom is -0.356 e. The van der Waals surface area contributed by atoms with Crippen LogP contribution in [0.25, 0.3) is 0 Å². The molecule has 0 heterocycles. The predicted molar refractivity (Wildman–Crippen MR) is 83.0 cm³/mol. The number of alkyl halides is 1. The second kappa shape index (κ2) is 8.70. The van der Waals surface area contributed by atoms with Gasteiger partial charge in [-0.3, -0.25) is 4.79 Å². The van der Waals surface area contributed by atoms with Crippen molar-refractivity contribution in [2.75, 3.05) is 11.9 Å². The molecule has 0 aromatic heterocycles. The summed E-state index contributed by atoms with van der Waals surface area (Å²) in [5.74, 6) is 0.670. The highest BCUT2D eigenvalue weighted by Crippen LogP contribution is 2.11. The molecule has 1 aromatic rings. The molecule has 1 aromatic carbocycles. The Labute approximate surface area is 126 Å². The van der Waals surface area contributed by atoms with Gasteiger partial charge in [-0.1, -0.05) is 57.3 Å². The fourth-order valence-electron chi connectivity index (χ4n) is 1.71. The van der Waals surface area contributed by atoms with E-state index in [0.29, 0.717) is 12.3 Å². The lowest BCUT2D eigenvalue weighted by Gasteiger charge is -2.14. The standard InChI is InChI=1S/C14H19Br2NO/c1-2-11(7-8-15)10-17-14(18)9-12-3-5-13(16)6-4-12/h3-6,11H,2,7-10H2,1H3,(H,17,18). The summed E-state index contributed by atoms with van der Waals surface area (Å²) in [6, 6.07) is 7.86. The third-order valence-corrected chi connectivity index (χ3v) is 3.95. The van der Waals surface area contributed by atoms with Crippen LogP contribution in [0.1, 0.15) is 25.3 Å². The van der Waals surface area contributed by atoms with Gasteiger partial charge >= 0.3 is 0 Å². The van der Waals surface area contributed by atoms with Crippen molar-refractivity contribution >= 4 is 37.8 Å². The van der Waals surface area contributed by atoms with Crippen LogP contribution >= 0.6 is 31.9 Å². The molecule has 0 spiro atoms. The van der Waals surface area contributed by atoms with Crippen molar-refractivity contribution in [2.45, 2.75) is 26.2 Å². The molecule has 100 valence electrons. The minimum atomic E-state index is 0.102. The number of hydrogen-bond acceptors (Lipinski definition) is 1. The van der Waals surface area contributed by atoms with Crippen molar-refractivity contribution in [3.63, 3.8) is 0 Å². The van der Waals surface area contributed by atoms with Crippen molar-refractivity contribution in [1.29, 1.82) is 0 Å². The van der Waals surface area contributed by atoms with E-state index >= 15 is 0 Å². The number of carbonyl (C=O) groups is 1. The summed E-state index contributed by atoms with van der Waals surface area (Å²) in [7, 11) is 0. The van der Waals surface area contributed by atoms with Gasteiger partial charge in [-0.2, -0.15) is 0 Å². The number of carbonyl (C=O) groups excluding carboxylic acids is 1. The lowest BCUT2D eigenvalue weighted by atomic mass is 10.0. The number of nitrogens with one attached hydrogen (secondary N) is 1. The zero-order chi connectivity index (χ0) is 13.4. The first-order chi connectivity index (χ1) is 8.65. The molecule has 1 rings (SSSR count). The molecule has 18 heavy (non-hydrogen) atoms. The highest BCUT2D eigenvalue weighted by Gasteiger charge is 2.08. The summed E-state index contributed by atoms with van der Waals surface area (Å²) in [6.45, 7) is 2.94. The van der Waals surface area contributed by atoms with Crippen LogP contribution in [0.3, 0.4) is 0 Å². The third kappa shape index (κ3) is 6.01. The van der Waals surface area contributed by atoms with Gasteiger partial charge in [0.25, 0.3) is 0 Å². The molecular weight excluding hydrogens is 358 g/mol. The van der Waals surface area contributed by atoms with E-state index in [-0.39, 0.29) is 5.91 Å². The molecular formula is C14H19Br2NO. The van der Waals surface area contributed by atoms with Crippen molar-refractivity contribution in [3.8, 4) is 0 Å². The molecule has 1 amide bonds. The fraction of sp³-hybridized carbons (Fsp3) is 0.500. The molecule has 0 aliphatic rings. The molecule has 1 atom stereocenters. The molecule has 0 saturated heterocycles. The van der Waals surface area contributed by atoms with E-state index in [0.717, 1.165) is 34.8 Å². The average molecular weight is 377 g/mol. The molecule has 1 N–H and O–H groups in total. The Bertz CT molecular complexity index is 365. The van der Waals surface area contributed by atoms with Crippen LogP contribution in [-0.2, 0) is 11.2 Å². The topological polar surface area (TPSA) is 29.1 Å². The van der Waals surface area contributed by atoms with Gasteiger partial charge in [0.1, 0.15) is 0 Å². The van der Waals surface area contributed by atoms with Gasteiger partial charge in [0.15, 0.2) is 0 Å². The summed E-state index contributed by atoms with van der Waals surface area (Å²) >= 11 is 6.82. The van der Waals surface area contributed by atoms with Gasteiger partial charge in [0, 0.05) is 16.3 Å². The Morgan fingerprint density at radius 1 is 1.33 bits per heavy atom. The number of amides is 1. The summed E-state index contributed by atoms with van der Waals surface area (Å²) in [5, 5.41) is 4.00. The largest absolute Gasteiger partial charge is 0.356 e. The maximum atomic E-state index is 11.8. The van der Waals surface area contributed by atoms with E-state index in [1.807, 2.05) is 24.3 Å². The number of benzene rings is 1. The molecule has 0 radical (unpaired) electrons. The highest BCUT2D eigenvalue weighted by molar-refractivity contribution is 9.10. The van der Waals surface area contributed by atoms with Gasteiger partial charge in [0.05, 0.1) is 6.42 Å². The maximum absolute atomic E-state index is 11.8. The summed E-state index contributed by atoms with van der Waals surface area (Å²) in [4.78, 5) is 11.8. The van der Waals surface area contributed by atoms with Gasteiger partial charge in [-0.15, -0.1) is 0 Å². The fourth-order valence-corrected chi connectivity index (χ4v) is 2.62. The lowest BCUT2D eigenvalue weighted by molar-refractivity contribution is -0.120. The van der Waals surface area contributed by atoms with Gasteiger partial charge < -0.3 is 5.32 Å². The number of halogens is 2. The van der Waals surface area contributed by atoms with Crippen molar-refractivity contribution < 1.29 is 4.79 Å². The monoisotopic (exact) mass is 375 g/mol. The Hall–Kier alpha value is -0.350. The number of hydrogen-bond donors (Lipinski definition) is 1. The van der Waals surface area contributed by atoms with Crippen LogP contribution in [0, 0.1) is 5.92 Å². The molecule has 0 aliphatic heterocycles. The predicted octanol–water partition coefficient (Wildman–Crippen LogP) is 3.92. The zero-order valence-corrected chi connectivity index (χ0v) is 13.8. The van der Waals surface area contributed by atoms with Gasteiger partial charge in [-0.05, 0) is 30.0 Å². The second-order valence-corrected chi connectivity index (χ2v) is 6.07. The smallest absolute Gasteiger partial charge is 0.224 e. The normalized spacial score (nSPS) is 12.2. The molecule has 0 saturated carbocycles. The highest BCUT2D eigenvalue weighted by atomic mass is 79.9. The zero-order valence-electron chi connectivity index (χ0n) is 10.6. The Morgan fingerprint density at radius 2 is 2.00 bits per heavy atom. The van der Waals surface area contributed by atoms with Crippen LogP contribution in [0.4, 0.5) is 0 Å². The molecule has 0 aliphatic carbocycles. The first kappa shape index (κ1) is 15.7. The van der Waals surface area contributed by atoms with Gasteiger partial charge in [0.2, 0.25) is 5.91 Å². The second-order valence-electron chi connectivity index (χ2n) is 4.36. The summed E-state index contributed by atoms with van der Waals surface area (Å²) in [5.41, 5.74) is 1.05. The Morgan fingerprint density at radius 3 is 2.56 bits per heavy atom. The molecule has 4 heteroatoms. The van der Waals surface area contributed by atoms with Crippen molar-refractivity contribution in [3.05, 3.63) is 34.3 Å². The SMILES string of the molecule is CCC(CCBr)CNC(=O)Cc1ccc(Br)cc1. The van der Waals surface area contributed by atoms with Crippen LogP contribution in [0.15, 0.2) is 28.7 Å². The molecule has 0 fully saturated rings. The summed E-state index contributed by atoms with van der Waals surface area (Å²) < 4.78 is 1.04. The Kier molecular flexibility index (Phi) is 7.59. The van der Waals surface area contributed by atoms with E-state index < -0.39 is 0 Å². The van der Waals surface area contributed by atoms with E-state index in [9.17, 15) is 4.79 Å². The first-order valence-electron chi connectivity index (χ1n) is 6.22. The van der Waals surface area contributed by atoms with Crippen LogP contribution in [-0.4, -0.2) is 17.8 Å². The van der Waals surface area contributed by atoms with E-state index in [1.165, 1.54) is 0 Å². The van der Waals surface area contributed by atoms with Crippen molar-refractivity contribution in [2.24, 2.45) is 5.92 Å². The molecule has 2 nitrogen and oxygen atoms in total. The minimum absolute atomic E-state index is 0.102. The number of rotatable bonds is 7. The van der Waals surface area contributed by atoms with Crippen LogP contribution in [0.5, 0.6) is 0 Å². The average Bonchev–Trinajstić information content (AvgIpc) is 2.37. The van der Waals surface area contributed by atoms with E-state index in [1.54, 1.807) is 0 Å². The lowest BCUT2D eigenvalue weighted by Crippen LogP contribution is -2.30. The maximum Gasteiger partial charge on any atom is 0.224 e. The third-order valence-electron chi connectivity index (χ3n) is 2.96. The molecule has 1 unspecified atom stereocenters. The van der Waals surface area contributed by atoms with E-state index in [2.05, 4.69) is 44.1 Å². The first-order valence-corrected chi connectivity index (χ1v) is 8.14. The van der Waals surface area contributed by atoms with Crippen LogP contribution in [0.2, 0.25) is 0 Å². The van der Waals surface area contributed by atoms with E-state index in [4.69, 9.17) is 0 Å². The van der Waals surface area contributed by atoms with Crippen LogP contribution < -0.4 is 5.32 Å². The Balaban J connectivity index is 2.35. The van der Waals surface area contributed by atoms with Crippen molar-refractivity contribution in [1.82, 2.24) is 5.32 Å².